The van der Waals surface area contributed by atoms with Gasteiger partial charge in [-0.2, -0.15) is 0 Å². The molecule has 0 spiro atoms. The van der Waals surface area contributed by atoms with Crippen LogP contribution in [0, 0.1) is 24.2 Å². The molecular weight excluding hydrogens is 418 g/mol. The average molecular weight is 444 g/mol. The second-order valence-corrected chi connectivity index (χ2v) is 7.82. The Morgan fingerprint density at radius 3 is 2.44 bits per heavy atom. The van der Waals surface area contributed by atoms with E-state index in [4.69, 9.17) is 11.2 Å². The maximum absolute atomic E-state index is 12.7. The third-order valence-electron chi connectivity index (χ3n) is 5.47. The van der Waals surface area contributed by atoms with Crippen molar-refractivity contribution in [2.24, 2.45) is 0 Å². The summed E-state index contributed by atoms with van der Waals surface area (Å²) in [6.45, 7) is 0.338. The Morgan fingerprint density at radius 1 is 0.971 bits per heavy atom. The minimum atomic E-state index is -0.394. The molecule has 3 aromatic carbocycles. The van der Waals surface area contributed by atoms with Crippen molar-refractivity contribution in [3.8, 4) is 41.1 Å². The van der Waals surface area contributed by atoms with E-state index < -0.39 is 6.04 Å². The van der Waals surface area contributed by atoms with Gasteiger partial charge in [0.2, 0.25) is 0 Å². The van der Waals surface area contributed by atoms with Crippen molar-refractivity contribution >= 4 is 5.97 Å². The summed E-state index contributed by atoms with van der Waals surface area (Å²) in [6.07, 6.45) is 12.7. The lowest BCUT2D eigenvalue weighted by molar-refractivity contribution is -0.130. The van der Waals surface area contributed by atoms with E-state index in [-0.39, 0.29) is 5.97 Å². The summed E-state index contributed by atoms with van der Waals surface area (Å²) in [5.74, 6) is 9.24. The molecule has 0 aromatic heterocycles. The van der Waals surface area contributed by atoms with Gasteiger partial charge in [0.25, 0.3) is 0 Å². The molecule has 1 atom stereocenters. The largest absolute Gasteiger partial charge is 0.423 e. The number of benzene rings is 3. The summed E-state index contributed by atoms with van der Waals surface area (Å²) >= 11 is 0. The number of allylic oxidation sites excluding steroid dienone is 3. The Balaban J connectivity index is 1.57. The summed E-state index contributed by atoms with van der Waals surface area (Å²) in [6, 6.07) is 25.4. The van der Waals surface area contributed by atoms with Crippen LogP contribution in [0.1, 0.15) is 30.0 Å². The number of carbonyl (C=O) groups excluding carboxylic acids is 1. The number of ether oxygens (including phenoxy) is 1. The second kappa shape index (κ2) is 11.5. The topological polar surface area (TPSA) is 38.3 Å². The molecule has 0 heterocycles. The van der Waals surface area contributed by atoms with E-state index in [0.717, 1.165) is 28.7 Å². The van der Waals surface area contributed by atoms with Crippen LogP contribution in [0.2, 0.25) is 0 Å². The van der Waals surface area contributed by atoms with Crippen molar-refractivity contribution in [2.75, 3.05) is 6.54 Å². The van der Waals surface area contributed by atoms with Gasteiger partial charge in [-0.1, -0.05) is 96.7 Å². The minimum Gasteiger partial charge on any atom is -0.423 e. The Kier molecular flexibility index (Phi) is 7.75. The van der Waals surface area contributed by atoms with E-state index in [9.17, 15) is 4.79 Å². The fraction of sp³-hybridized carbons (Fsp3) is 0.129. The van der Waals surface area contributed by atoms with E-state index in [1.54, 1.807) is 12.1 Å². The molecule has 1 aliphatic carbocycles. The quantitative estimate of drug-likeness (QED) is 0.295. The van der Waals surface area contributed by atoms with Crippen LogP contribution in [0.3, 0.4) is 0 Å². The van der Waals surface area contributed by atoms with Crippen LogP contribution in [0.4, 0.5) is 0 Å². The SMILES string of the molecule is C#CCNC(C#Cc1ccc(-c2ccccc2)cc1)c1ccccc1OC(=O)C1=CC=CCC1. The third kappa shape index (κ3) is 5.93. The monoisotopic (exact) mass is 443 g/mol. The van der Waals surface area contributed by atoms with Crippen molar-refractivity contribution in [3.05, 3.63) is 114 Å². The van der Waals surface area contributed by atoms with Gasteiger partial charge >= 0.3 is 5.97 Å². The zero-order valence-electron chi connectivity index (χ0n) is 18.8. The lowest BCUT2D eigenvalue weighted by Crippen LogP contribution is -2.22. The van der Waals surface area contributed by atoms with Gasteiger partial charge in [0.1, 0.15) is 5.75 Å². The minimum absolute atomic E-state index is 0.336. The normalized spacial score (nSPS) is 13.1. The fourth-order valence-corrected chi connectivity index (χ4v) is 3.68. The molecule has 0 aliphatic heterocycles. The molecule has 0 bridgehead atoms. The van der Waals surface area contributed by atoms with Gasteiger partial charge in [0.15, 0.2) is 0 Å². The number of esters is 1. The standard InChI is InChI=1S/C31H25NO2/c1-2-23-32-29(22-19-24-17-20-26(21-18-24)25-11-5-3-6-12-25)28-15-9-10-16-30(28)34-31(33)27-13-7-4-8-14-27/h1,3-7,9-13,15-18,20-21,29,32H,8,14,23H2. The molecule has 0 amide bonds. The molecule has 3 nitrogen and oxygen atoms in total. The Bertz CT molecular complexity index is 1300. The highest BCUT2D eigenvalue weighted by atomic mass is 16.5. The second-order valence-electron chi connectivity index (χ2n) is 7.82. The molecule has 0 saturated carbocycles. The fourth-order valence-electron chi connectivity index (χ4n) is 3.68. The molecule has 0 radical (unpaired) electrons. The van der Waals surface area contributed by atoms with Gasteiger partial charge < -0.3 is 4.74 Å². The molecule has 166 valence electrons. The number of rotatable bonds is 6. The highest BCUT2D eigenvalue weighted by molar-refractivity contribution is 5.91. The lowest BCUT2D eigenvalue weighted by Gasteiger charge is -2.17. The molecule has 0 saturated heterocycles. The predicted octanol–water partition coefficient (Wildman–Crippen LogP) is 5.85. The van der Waals surface area contributed by atoms with E-state index in [1.807, 2.05) is 60.7 Å². The van der Waals surface area contributed by atoms with Crippen LogP contribution in [0.5, 0.6) is 5.75 Å². The van der Waals surface area contributed by atoms with Gasteiger partial charge in [-0.25, -0.2) is 4.79 Å². The summed E-state index contributed by atoms with van der Waals surface area (Å²) < 4.78 is 5.76. The molecule has 3 aromatic rings. The smallest absolute Gasteiger partial charge is 0.339 e. The van der Waals surface area contributed by atoms with Crippen molar-refractivity contribution < 1.29 is 9.53 Å². The molecule has 1 N–H and O–H groups in total. The molecule has 3 heteroatoms. The number of carbonyl (C=O) groups is 1. The highest BCUT2D eigenvalue weighted by Gasteiger charge is 2.18. The van der Waals surface area contributed by atoms with Crippen molar-refractivity contribution in [1.29, 1.82) is 0 Å². The first-order valence-corrected chi connectivity index (χ1v) is 11.3. The van der Waals surface area contributed by atoms with Crippen molar-refractivity contribution in [1.82, 2.24) is 5.32 Å². The van der Waals surface area contributed by atoms with Gasteiger partial charge in [0, 0.05) is 16.7 Å². The van der Waals surface area contributed by atoms with Crippen LogP contribution in [-0.2, 0) is 4.79 Å². The number of para-hydroxylation sites is 1. The molecule has 0 fully saturated rings. The highest BCUT2D eigenvalue weighted by Crippen LogP contribution is 2.27. The van der Waals surface area contributed by atoms with Crippen LogP contribution >= 0.6 is 0 Å². The summed E-state index contributed by atoms with van der Waals surface area (Å²) in [5, 5.41) is 3.26. The van der Waals surface area contributed by atoms with Gasteiger partial charge in [-0.05, 0) is 42.2 Å². The Hall–Kier alpha value is -4.31. The van der Waals surface area contributed by atoms with E-state index in [1.165, 1.54) is 0 Å². The van der Waals surface area contributed by atoms with Crippen molar-refractivity contribution in [2.45, 2.75) is 18.9 Å². The molecule has 1 unspecified atom stereocenters. The van der Waals surface area contributed by atoms with Crippen LogP contribution in [0.15, 0.2) is 103 Å². The number of hydrogen-bond acceptors (Lipinski definition) is 3. The number of terminal acetylenes is 1. The zero-order chi connectivity index (χ0) is 23.6. The summed E-state index contributed by atoms with van der Waals surface area (Å²) in [5.41, 5.74) is 4.62. The first kappa shape index (κ1) is 22.9. The van der Waals surface area contributed by atoms with Gasteiger partial charge in [-0.3, -0.25) is 5.32 Å². The van der Waals surface area contributed by atoms with Crippen molar-refractivity contribution in [3.63, 3.8) is 0 Å². The van der Waals surface area contributed by atoms with E-state index in [0.29, 0.717) is 24.3 Å². The van der Waals surface area contributed by atoms with Crippen LogP contribution < -0.4 is 10.1 Å². The first-order valence-electron chi connectivity index (χ1n) is 11.3. The first-order chi connectivity index (χ1) is 16.7. The predicted molar refractivity (Wildman–Crippen MR) is 137 cm³/mol. The summed E-state index contributed by atoms with van der Waals surface area (Å²) in [7, 11) is 0. The Morgan fingerprint density at radius 2 is 1.71 bits per heavy atom. The van der Waals surface area contributed by atoms with Gasteiger partial charge in [0.05, 0.1) is 12.6 Å². The lowest BCUT2D eigenvalue weighted by atomic mass is 10.0. The molecule has 4 rings (SSSR count). The molecular formula is C31H25NO2. The number of hydrogen-bond donors (Lipinski definition) is 1. The summed E-state index contributed by atoms with van der Waals surface area (Å²) in [4.78, 5) is 12.7. The van der Waals surface area contributed by atoms with Gasteiger partial charge in [-0.15, -0.1) is 6.42 Å². The van der Waals surface area contributed by atoms with Crippen LogP contribution in [-0.4, -0.2) is 12.5 Å². The Labute approximate surface area is 201 Å². The molecule has 34 heavy (non-hydrogen) atoms. The van der Waals surface area contributed by atoms with E-state index in [2.05, 4.69) is 47.3 Å². The molecule has 1 aliphatic rings. The third-order valence-corrected chi connectivity index (χ3v) is 5.47. The number of nitrogens with one attached hydrogen (secondary N) is 1. The maximum Gasteiger partial charge on any atom is 0.339 e. The maximum atomic E-state index is 12.7. The van der Waals surface area contributed by atoms with Crippen LogP contribution in [0.25, 0.3) is 11.1 Å². The average Bonchev–Trinajstić information content (AvgIpc) is 2.90. The van der Waals surface area contributed by atoms with E-state index >= 15 is 0 Å². The zero-order valence-corrected chi connectivity index (χ0v) is 18.8.